The van der Waals surface area contributed by atoms with E-state index in [4.69, 9.17) is 18.3 Å². The molecule has 1 aliphatic carbocycles. The standard InChI is InChI=1S/C22H43BN2O/c1-17(2)14-21(16-26-5)13-11-19-15-22(23,24)12-9-7-6-8-10-20(19)25(21)18(3)4/h17-20H,6-16,24H2,1-5H3. The van der Waals surface area contributed by atoms with Gasteiger partial charge in [0.25, 0.3) is 0 Å². The topological polar surface area (TPSA) is 38.5 Å². The molecule has 4 atom stereocenters. The lowest BCUT2D eigenvalue weighted by Gasteiger charge is -2.58. The van der Waals surface area contributed by atoms with Gasteiger partial charge in [-0.2, -0.15) is 0 Å². The molecule has 2 radical (unpaired) electrons. The Labute approximate surface area is 164 Å². The van der Waals surface area contributed by atoms with Gasteiger partial charge in [-0.05, 0) is 69.6 Å². The van der Waals surface area contributed by atoms with Crippen molar-refractivity contribution in [1.29, 1.82) is 0 Å². The van der Waals surface area contributed by atoms with Crippen molar-refractivity contribution in [1.82, 2.24) is 4.90 Å². The summed E-state index contributed by atoms with van der Waals surface area (Å²) < 4.78 is 5.80. The summed E-state index contributed by atoms with van der Waals surface area (Å²) in [5, 5.41) is 0. The van der Waals surface area contributed by atoms with E-state index >= 15 is 0 Å². The van der Waals surface area contributed by atoms with Crippen LogP contribution >= 0.6 is 0 Å². The van der Waals surface area contributed by atoms with Crippen LogP contribution < -0.4 is 5.73 Å². The Morgan fingerprint density at radius 2 is 1.77 bits per heavy atom. The van der Waals surface area contributed by atoms with Gasteiger partial charge in [-0.1, -0.05) is 39.5 Å². The Bertz CT molecular complexity index is 426. The van der Waals surface area contributed by atoms with Crippen molar-refractivity contribution < 1.29 is 4.74 Å². The van der Waals surface area contributed by atoms with Crippen molar-refractivity contribution in [2.45, 2.75) is 115 Å². The molecule has 2 fully saturated rings. The molecule has 2 N–H and O–H groups in total. The molecule has 26 heavy (non-hydrogen) atoms. The van der Waals surface area contributed by atoms with E-state index in [2.05, 4.69) is 32.6 Å². The fourth-order valence-corrected chi connectivity index (χ4v) is 6.09. The highest BCUT2D eigenvalue weighted by Gasteiger charge is 2.49. The maximum Gasteiger partial charge on any atom is 0.0950 e. The van der Waals surface area contributed by atoms with E-state index in [0.717, 1.165) is 19.4 Å². The van der Waals surface area contributed by atoms with Crippen LogP contribution in [0.3, 0.4) is 0 Å². The van der Waals surface area contributed by atoms with Gasteiger partial charge in [0.05, 0.1) is 14.5 Å². The molecule has 0 amide bonds. The number of nitrogens with zero attached hydrogens (tertiary/aromatic N) is 1. The van der Waals surface area contributed by atoms with E-state index in [1.165, 1.54) is 51.4 Å². The summed E-state index contributed by atoms with van der Waals surface area (Å²) in [6, 6.07) is 1.10. The van der Waals surface area contributed by atoms with Crippen LogP contribution in [0.15, 0.2) is 0 Å². The molecule has 1 heterocycles. The number of fused-ring (bicyclic) bond motifs is 1. The van der Waals surface area contributed by atoms with Gasteiger partial charge in [-0.25, -0.2) is 0 Å². The van der Waals surface area contributed by atoms with Crippen molar-refractivity contribution >= 4 is 7.85 Å². The number of rotatable bonds is 5. The van der Waals surface area contributed by atoms with Gasteiger partial charge in [0.1, 0.15) is 0 Å². The van der Waals surface area contributed by atoms with Crippen molar-refractivity contribution in [2.75, 3.05) is 13.7 Å². The lowest BCUT2D eigenvalue weighted by atomic mass is 9.63. The summed E-state index contributed by atoms with van der Waals surface area (Å²) in [6.45, 7) is 10.3. The molecule has 150 valence electrons. The predicted octanol–water partition coefficient (Wildman–Crippen LogP) is 4.47. The first-order valence-electron chi connectivity index (χ1n) is 11.1. The molecule has 1 saturated heterocycles. The van der Waals surface area contributed by atoms with Crippen molar-refractivity contribution in [3.05, 3.63) is 0 Å². The molecule has 1 saturated carbocycles. The Morgan fingerprint density at radius 3 is 2.38 bits per heavy atom. The largest absolute Gasteiger partial charge is 0.383 e. The van der Waals surface area contributed by atoms with Crippen molar-refractivity contribution in [3.63, 3.8) is 0 Å². The minimum Gasteiger partial charge on any atom is -0.383 e. The average molecular weight is 362 g/mol. The third-order valence-corrected chi connectivity index (χ3v) is 6.72. The van der Waals surface area contributed by atoms with Gasteiger partial charge in [0, 0.05) is 24.7 Å². The normalized spacial score (nSPS) is 37.7. The van der Waals surface area contributed by atoms with E-state index in [1.807, 2.05) is 7.11 Å². The Balaban J connectivity index is 2.34. The summed E-state index contributed by atoms with van der Waals surface area (Å²) >= 11 is 0. The van der Waals surface area contributed by atoms with E-state index in [-0.39, 0.29) is 5.54 Å². The number of likely N-dealkylation sites (tertiary alicyclic amines) is 1. The second kappa shape index (κ2) is 9.43. The average Bonchev–Trinajstić information content (AvgIpc) is 2.51. The van der Waals surface area contributed by atoms with Crippen LogP contribution in [0.1, 0.15) is 91.9 Å². The highest BCUT2D eigenvalue weighted by atomic mass is 16.5. The zero-order chi connectivity index (χ0) is 19.4. The number of ether oxygens (including phenoxy) is 1. The van der Waals surface area contributed by atoms with E-state index < -0.39 is 5.44 Å². The zero-order valence-corrected chi connectivity index (χ0v) is 18.1. The van der Waals surface area contributed by atoms with Crippen LogP contribution in [0, 0.1) is 11.8 Å². The molecule has 3 nitrogen and oxygen atoms in total. The van der Waals surface area contributed by atoms with Crippen molar-refractivity contribution in [2.24, 2.45) is 17.6 Å². The highest BCUT2D eigenvalue weighted by Crippen LogP contribution is 2.45. The summed E-state index contributed by atoms with van der Waals surface area (Å²) in [4.78, 5) is 2.84. The zero-order valence-electron chi connectivity index (χ0n) is 18.1. The Hall–Kier alpha value is -0.0551. The van der Waals surface area contributed by atoms with Gasteiger partial charge >= 0.3 is 0 Å². The third kappa shape index (κ3) is 5.48. The number of nitrogens with two attached hydrogens (primary N) is 1. The maximum absolute atomic E-state index is 6.54. The summed E-state index contributed by atoms with van der Waals surface area (Å²) in [6.07, 6.45) is 11.9. The number of hydrogen-bond donors (Lipinski definition) is 1. The van der Waals surface area contributed by atoms with E-state index in [1.54, 1.807) is 0 Å². The van der Waals surface area contributed by atoms with Crippen molar-refractivity contribution in [3.8, 4) is 0 Å². The lowest BCUT2D eigenvalue weighted by Crippen LogP contribution is -2.65. The van der Waals surface area contributed by atoms with E-state index in [9.17, 15) is 0 Å². The fraction of sp³-hybridized carbons (Fsp3) is 1.00. The van der Waals surface area contributed by atoms with Crippen LogP contribution in [-0.2, 0) is 4.74 Å². The fourth-order valence-electron chi connectivity index (χ4n) is 6.09. The first kappa shape index (κ1) is 22.2. The van der Waals surface area contributed by atoms with Crippen LogP contribution in [0.2, 0.25) is 0 Å². The van der Waals surface area contributed by atoms with Gasteiger partial charge in [0.15, 0.2) is 0 Å². The van der Waals surface area contributed by atoms with Gasteiger partial charge in [-0.3, -0.25) is 4.90 Å². The molecule has 0 spiro atoms. The lowest BCUT2D eigenvalue weighted by molar-refractivity contribution is -0.104. The summed E-state index contributed by atoms with van der Waals surface area (Å²) in [5.74, 6) is 1.29. The number of piperidine rings is 1. The second-order valence-corrected chi connectivity index (χ2v) is 10.0. The van der Waals surface area contributed by atoms with Gasteiger partial charge in [-0.15, -0.1) is 0 Å². The highest BCUT2D eigenvalue weighted by molar-refractivity contribution is 6.15. The molecule has 0 aromatic rings. The SMILES string of the molecule is [B]C1(N)CCCCCCC2C(CCC(COC)(CC(C)C)N2C(C)C)C1. The second-order valence-electron chi connectivity index (χ2n) is 10.0. The van der Waals surface area contributed by atoms with Crippen LogP contribution in [0.5, 0.6) is 0 Å². The minimum atomic E-state index is -0.498. The molecular weight excluding hydrogens is 319 g/mol. The first-order chi connectivity index (χ1) is 12.2. The molecular formula is C22H43BN2O. The van der Waals surface area contributed by atoms with Crippen LogP contribution in [-0.4, -0.2) is 49.5 Å². The summed E-state index contributed by atoms with van der Waals surface area (Å²) in [5.41, 5.74) is 6.20. The molecule has 4 unspecified atom stereocenters. The summed E-state index contributed by atoms with van der Waals surface area (Å²) in [7, 11) is 8.40. The molecule has 1 aliphatic heterocycles. The Morgan fingerprint density at radius 1 is 1.08 bits per heavy atom. The predicted molar refractivity (Wildman–Crippen MR) is 113 cm³/mol. The van der Waals surface area contributed by atoms with Gasteiger partial charge in [0.2, 0.25) is 0 Å². The monoisotopic (exact) mass is 362 g/mol. The van der Waals surface area contributed by atoms with Gasteiger partial charge < -0.3 is 10.5 Å². The van der Waals surface area contributed by atoms with E-state index in [0.29, 0.717) is 23.9 Å². The first-order valence-corrected chi connectivity index (χ1v) is 11.1. The molecule has 0 bridgehead atoms. The molecule has 2 rings (SSSR count). The third-order valence-electron chi connectivity index (χ3n) is 6.72. The number of methoxy groups -OCH3 is 1. The Kier molecular flexibility index (Phi) is 8.06. The number of hydrogen-bond acceptors (Lipinski definition) is 3. The molecule has 0 aromatic carbocycles. The quantitative estimate of drug-likeness (QED) is 0.733. The smallest absolute Gasteiger partial charge is 0.0950 e. The molecule has 0 aromatic heterocycles. The maximum atomic E-state index is 6.54. The van der Waals surface area contributed by atoms with Crippen LogP contribution in [0.25, 0.3) is 0 Å². The molecule has 2 aliphatic rings. The molecule has 4 heteroatoms. The minimum absolute atomic E-state index is 0.161. The van der Waals surface area contributed by atoms with Crippen LogP contribution in [0.4, 0.5) is 0 Å².